The smallest absolute Gasteiger partial charge is 0.339 e. The van der Waals surface area contributed by atoms with Crippen LogP contribution in [0.4, 0.5) is 0 Å². The van der Waals surface area contributed by atoms with Crippen LogP contribution in [0.15, 0.2) is 91.3 Å². The first-order valence-electron chi connectivity index (χ1n) is 11.3. The molecule has 0 fully saturated rings. The van der Waals surface area contributed by atoms with Gasteiger partial charge in [0.2, 0.25) is 0 Å². The van der Waals surface area contributed by atoms with Gasteiger partial charge in [0, 0.05) is 37.3 Å². The standard InChI is InChI=1S/C28H25N3O3/c1-30(17-21-16-29-31(19-21)18-20-8-4-2-5-9-20)27(32)23-12-13-25-24(14-23)15-26(34-28(25)33)22-10-6-3-7-11-22/h2-14,16,19,26H,15,17-18H2,1H3/t26-/m1/s1. The van der Waals surface area contributed by atoms with Crippen LogP contribution in [0, 0.1) is 0 Å². The Morgan fingerprint density at radius 2 is 1.76 bits per heavy atom. The number of rotatable bonds is 6. The highest BCUT2D eigenvalue weighted by atomic mass is 16.5. The summed E-state index contributed by atoms with van der Waals surface area (Å²) >= 11 is 0. The van der Waals surface area contributed by atoms with Crippen molar-refractivity contribution in [1.82, 2.24) is 14.7 Å². The third-order valence-electron chi connectivity index (χ3n) is 6.04. The summed E-state index contributed by atoms with van der Waals surface area (Å²) in [5, 5.41) is 4.43. The summed E-state index contributed by atoms with van der Waals surface area (Å²) in [7, 11) is 1.78. The van der Waals surface area contributed by atoms with Gasteiger partial charge in [-0.05, 0) is 34.9 Å². The summed E-state index contributed by atoms with van der Waals surface area (Å²) in [5.41, 5.74) is 4.98. The molecule has 6 heteroatoms. The van der Waals surface area contributed by atoms with E-state index in [0.29, 0.717) is 30.6 Å². The Bertz CT molecular complexity index is 1320. The van der Waals surface area contributed by atoms with Crippen LogP contribution in [-0.2, 0) is 24.2 Å². The van der Waals surface area contributed by atoms with Crippen molar-refractivity contribution in [2.75, 3.05) is 7.05 Å². The molecule has 0 N–H and O–H groups in total. The minimum Gasteiger partial charge on any atom is -0.454 e. The molecule has 1 aliphatic heterocycles. The minimum atomic E-state index is -0.353. The van der Waals surface area contributed by atoms with Crippen molar-refractivity contribution in [2.45, 2.75) is 25.6 Å². The second-order valence-electron chi connectivity index (χ2n) is 8.57. The zero-order chi connectivity index (χ0) is 23.5. The van der Waals surface area contributed by atoms with Gasteiger partial charge in [0.05, 0.1) is 18.3 Å². The van der Waals surface area contributed by atoms with E-state index in [1.54, 1.807) is 30.3 Å². The van der Waals surface area contributed by atoms with Crippen LogP contribution >= 0.6 is 0 Å². The lowest BCUT2D eigenvalue weighted by Gasteiger charge is -2.26. The quantitative estimate of drug-likeness (QED) is 0.400. The molecule has 2 heterocycles. The van der Waals surface area contributed by atoms with E-state index in [2.05, 4.69) is 17.2 Å². The summed E-state index contributed by atoms with van der Waals surface area (Å²) in [6, 6.07) is 25.0. The largest absolute Gasteiger partial charge is 0.454 e. The first-order valence-corrected chi connectivity index (χ1v) is 11.3. The van der Waals surface area contributed by atoms with Crippen molar-refractivity contribution < 1.29 is 14.3 Å². The minimum absolute atomic E-state index is 0.103. The number of hydrogen-bond acceptors (Lipinski definition) is 4. The zero-order valence-corrected chi connectivity index (χ0v) is 18.9. The zero-order valence-electron chi connectivity index (χ0n) is 18.9. The van der Waals surface area contributed by atoms with Gasteiger partial charge in [-0.2, -0.15) is 5.10 Å². The van der Waals surface area contributed by atoms with Gasteiger partial charge < -0.3 is 9.64 Å². The molecule has 3 aromatic carbocycles. The average molecular weight is 452 g/mol. The molecule has 1 aromatic heterocycles. The number of esters is 1. The van der Waals surface area contributed by atoms with Crippen LogP contribution in [0.5, 0.6) is 0 Å². The maximum Gasteiger partial charge on any atom is 0.339 e. The second-order valence-corrected chi connectivity index (χ2v) is 8.57. The third kappa shape index (κ3) is 4.62. The number of hydrogen-bond donors (Lipinski definition) is 0. The lowest BCUT2D eigenvalue weighted by Crippen LogP contribution is -2.27. The van der Waals surface area contributed by atoms with Gasteiger partial charge in [-0.25, -0.2) is 4.79 Å². The van der Waals surface area contributed by atoms with E-state index in [9.17, 15) is 9.59 Å². The van der Waals surface area contributed by atoms with Gasteiger partial charge >= 0.3 is 5.97 Å². The topological polar surface area (TPSA) is 64.4 Å². The molecule has 0 saturated heterocycles. The fourth-order valence-corrected chi connectivity index (χ4v) is 4.29. The lowest BCUT2D eigenvalue weighted by atomic mass is 9.93. The average Bonchev–Trinajstić information content (AvgIpc) is 3.30. The highest BCUT2D eigenvalue weighted by molar-refractivity contribution is 5.97. The molecule has 5 rings (SSSR count). The monoisotopic (exact) mass is 451 g/mol. The second kappa shape index (κ2) is 9.35. The highest BCUT2D eigenvalue weighted by Crippen LogP contribution is 2.31. The van der Waals surface area contributed by atoms with E-state index < -0.39 is 0 Å². The van der Waals surface area contributed by atoms with Crippen LogP contribution < -0.4 is 0 Å². The number of aromatic nitrogens is 2. The van der Waals surface area contributed by atoms with Crippen LogP contribution in [0.1, 0.15) is 49.1 Å². The Hall–Kier alpha value is -4.19. The Morgan fingerprint density at radius 1 is 1.03 bits per heavy atom. The van der Waals surface area contributed by atoms with Crippen LogP contribution in [0.25, 0.3) is 0 Å². The number of nitrogens with zero attached hydrogens (tertiary/aromatic N) is 3. The predicted octanol–water partition coefficient (Wildman–Crippen LogP) is 4.66. The Kier molecular flexibility index (Phi) is 5.95. The van der Waals surface area contributed by atoms with E-state index in [1.807, 2.05) is 65.5 Å². The maximum atomic E-state index is 13.1. The van der Waals surface area contributed by atoms with Crippen molar-refractivity contribution in [2.24, 2.45) is 0 Å². The highest BCUT2D eigenvalue weighted by Gasteiger charge is 2.28. The molecular formula is C28H25N3O3. The molecule has 4 aromatic rings. The van der Waals surface area contributed by atoms with Gasteiger partial charge in [0.15, 0.2) is 0 Å². The predicted molar refractivity (Wildman–Crippen MR) is 128 cm³/mol. The van der Waals surface area contributed by atoms with Crippen molar-refractivity contribution in [1.29, 1.82) is 0 Å². The first-order chi connectivity index (χ1) is 16.6. The third-order valence-corrected chi connectivity index (χ3v) is 6.04. The Balaban J connectivity index is 1.28. The summed E-state index contributed by atoms with van der Waals surface area (Å²) in [4.78, 5) is 27.3. The van der Waals surface area contributed by atoms with Gasteiger partial charge in [0.1, 0.15) is 6.10 Å². The molecule has 0 unspecified atom stereocenters. The van der Waals surface area contributed by atoms with Gasteiger partial charge in [-0.3, -0.25) is 9.48 Å². The van der Waals surface area contributed by atoms with Crippen molar-refractivity contribution in [3.05, 3.63) is 125 Å². The molecule has 0 saturated carbocycles. The number of fused-ring (bicyclic) bond motifs is 1. The SMILES string of the molecule is CN(Cc1cnn(Cc2ccccc2)c1)C(=O)c1ccc2c(c1)C[C@H](c1ccccc1)OC2=O. The Morgan fingerprint density at radius 3 is 2.53 bits per heavy atom. The first kappa shape index (κ1) is 21.6. The molecular weight excluding hydrogens is 426 g/mol. The molecule has 0 radical (unpaired) electrons. The number of cyclic esters (lactones) is 1. The molecule has 34 heavy (non-hydrogen) atoms. The van der Waals surface area contributed by atoms with E-state index in [4.69, 9.17) is 4.74 Å². The Labute approximate surface area is 198 Å². The molecule has 1 aliphatic rings. The molecule has 170 valence electrons. The summed E-state index contributed by atoms with van der Waals surface area (Å²) in [5.74, 6) is -0.456. The van der Waals surface area contributed by atoms with Crippen molar-refractivity contribution in [3.63, 3.8) is 0 Å². The molecule has 1 atom stereocenters. The van der Waals surface area contributed by atoms with Gasteiger partial charge in [-0.15, -0.1) is 0 Å². The van der Waals surface area contributed by atoms with Crippen molar-refractivity contribution >= 4 is 11.9 Å². The fraction of sp³-hybridized carbons (Fsp3) is 0.179. The van der Waals surface area contributed by atoms with E-state index >= 15 is 0 Å². The summed E-state index contributed by atoms with van der Waals surface area (Å²) < 4.78 is 7.50. The molecule has 6 nitrogen and oxygen atoms in total. The number of ether oxygens (including phenoxy) is 1. The van der Waals surface area contributed by atoms with Gasteiger partial charge in [0.25, 0.3) is 5.91 Å². The summed E-state index contributed by atoms with van der Waals surface area (Å²) in [6.07, 6.45) is 3.95. The molecule has 1 amide bonds. The van der Waals surface area contributed by atoms with Crippen LogP contribution in [-0.4, -0.2) is 33.6 Å². The van der Waals surface area contributed by atoms with Crippen molar-refractivity contribution in [3.8, 4) is 0 Å². The maximum absolute atomic E-state index is 13.1. The number of benzene rings is 3. The molecule has 0 bridgehead atoms. The number of carbonyl (C=O) groups is 2. The lowest BCUT2D eigenvalue weighted by molar-refractivity contribution is 0.0252. The number of carbonyl (C=O) groups excluding carboxylic acids is 2. The van der Waals surface area contributed by atoms with Gasteiger partial charge in [-0.1, -0.05) is 60.7 Å². The number of amides is 1. The van der Waals surface area contributed by atoms with E-state index in [0.717, 1.165) is 16.7 Å². The van der Waals surface area contributed by atoms with E-state index in [-0.39, 0.29) is 18.0 Å². The van der Waals surface area contributed by atoms with Crippen LogP contribution in [0.3, 0.4) is 0 Å². The molecule has 0 aliphatic carbocycles. The summed E-state index contributed by atoms with van der Waals surface area (Å²) in [6.45, 7) is 1.13. The van der Waals surface area contributed by atoms with Crippen LogP contribution in [0.2, 0.25) is 0 Å². The fourth-order valence-electron chi connectivity index (χ4n) is 4.29. The normalized spacial score (nSPS) is 14.9. The van der Waals surface area contributed by atoms with E-state index in [1.165, 1.54) is 5.56 Å². The molecule has 0 spiro atoms.